The average Bonchev–Trinajstić information content (AvgIpc) is 2.49. The van der Waals surface area contributed by atoms with E-state index in [9.17, 15) is 0 Å². The number of benzene rings is 1. The third kappa shape index (κ3) is 2.83. The SMILES string of the molecule is NNC(C1CCOCC1)C1CCc2ccccc2C1. The highest BCUT2D eigenvalue weighted by molar-refractivity contribution is 5.30. The van der Waals surface area contributed by atoms with Crippen molar-refractivity contribution in [3.8, 4) is 0 Å². The highest BCUT2D eigenvalue weighted by Crippen LogP contribution is 2.32. The van der Waals surface area contributed by atoms with Gasteiger partial charge in [0.25, 0.3) is 0 Å². The molecule has 104 valence electrons. The summed E-state index contributed by atoms with van der Waals surface area (Å²) in [5.41, 5.74) is 6.17. The molecule has 0 bridgehead atoms. The molecule has 0 saturated carbocycles. The molecule has 1 aliphatic carbocycles. The number of hydrazine groups is 1. The van der Waals surface area contributed by atoms with Gasteiger partial charge in [0, 0.05) is 19.3 Å². The fourth-order valence-corrected chi connectivity index (χ4v) is 3.76. The molecule has 1 aromatic carbocycles. The zero-order valence-electron chi connectivity index (χ0n) is 11.5. The number of nitrogens with one attached hydrogen (secondary N) is 1. The second-order valence-corrected chi connectivity index (χ2v) is 5.91. The lowest BCUT2D eigenvalue weighted by atomic mass is 9.74. The van der Waals surface area contributed by atoms with E-state index in [1.807, 2.05) is 0 Å². The molecule has 0 spiro atoms. The van der Waals surface area contributed by atoms with Gasteiger partial charge in [0.05, 0.1) is 0 Å². The van der Waals surface area contributed by atoms with E-state index >= 15 is 0 Å². The van der Waals surface area contributed by atoms with Crippen LogP contribution in [0, 0.1) is 11.8 Å². The monoisotopic (exact) mass is 260 g/mol. The molecule has 1 aliphatic heterocycles. The quantitative estimate of drug-likeness (QED) is 0.646. The van der Waals surface area contributed by atoms with E-state index < -0.39 is 0 Å². The van der Waals surface area contributed by atoms with Crippen molar-refractivity contribution in [3.63, 3.8) is 0 Å². The lowest BCUT2D eigenvalue weighted by molar-refractivity contribution is 0.0430. The molecular weight excluding hydrogens is 236 g/mol. The Balaban J connectivity index is 1.71. The molecule has 2 atom stereocenters. The van der Waals surface area contributed by atoms with Crippen LogP contribution < -0.4 is 11.3 Å². The second kappa shape index (κ2) is 6.04. The van der Waals surface area contributed by atoms with Gasteiger partial charge in [0.1, 0.15) is 0 Å². The highest BCUT2D eigenvalue weighted by atomic mass is 16.5. The number of hydrogen-bond acceptors (Lipinski definition) is 3. The van der Waals surface area contributed by atoms with Crippen LogP contribution in [-0.2, 0) is 17.6 Å². The maximum atomic E-state index is 5.86. The number of fused-ring (bicyclic) bond motifs is 1. The van der Waals surface area contributed by atoms with Gasteiger partial charge in [-0.1, -0.05) is 24.3 Å². The van der Waals surface area contributed by atoms with E-state index in [0.717, 1.165) is 26.1 Å². The molecule has 0 radical (unpaired) electrons. The Morgan fingerprint density at radius 1 is 1.05 bits per heavy atom. The summed E-state index contributed by atoms with van der Waals surface area (Å²) < 4.78 is 5.47. The van der Waals surface area contributed by atoms with Gasteiger partial charge in [-0.3, -0.25) is 11.3 Å². The van der Waals surface area contributed by atoms with E-state index in [4.69, 9.17) is 10.6 Å². The van der Waals surface area contributed by atoms with Gasteiger partial charge in [-0.25, -0.2) is 0 Å². The molecule has 3 rings (SSSR count). The van der Waals surface area contributed by atoms with Gasteiger partial charge in [0.15, 0.2) is 0 Å². The lowest BCUT2D eigenvalue weighted by Gasteiger charge is -2.37. The maximum Gasteiger partial charge on any atom is 0.0469 e. The largest absolute Gasteiger partial charge is 0.381 e. The van der Waals surface area contributed by atoms with Crippen molar-refractivity contribution in [2.75, 3.05) is 13.2 Å². The summed E-state index contributed by atoms with van der Waals surface area (Å²) in [5, 5.41) is 0. The first kappa shape index (κ1) is 13.1. The van der Waals surface area contributed by atoms with Crippen LogP contribution >= 0.6 is 0 Å². The molecular formula is C16H24N2O. The Labute approximate surface area is 115 Å². The van der Waals surface area contributed by atoms with Crippen molar-refractivity contribution >= 4 is 0 Å². The summed E-state index contributed by atoms with van der Waals surface area (Å²) in [4.78, 5) is 0. The molecule has 0 amide bonds. The first-order valence-corrected chi connectivity index (χ1v) is 7.49. The third-order valence-corrected chi connectivity index (χ3v) is 4.86. The third-order valence-electron chi connectivity index (χ3n) is 4.86. The van der Waals surface area contributed by atoms with Crippen LogP contribution in [0.15, 0.2) is 24.3 Å². The highest BCUT2D eigenvalue weighted by Gasteiger charge is 2.32. The molecule has 2 unspecified atom stereocenters. The first-order chi connectivity index (χ1) is 9.38. The number of ether oxygens (including phenoxy) is 1. The molecule has 3 nitrogen and oxygen atoms in total. The summed E-state index contributed by atoms with van der Waals surface area (Å²) in [6.45, 7) is 1.79. The summed E-state index contributed by atoms with van der Waals surface area (Å²) in [7, 11) is 0. The fourth-order valence-electron chi connectivity index (χ4n) is 3.76. The van der Waals surface area contributed by atoms with Crippen LogP contribution in [0.4, 0.5) is 0 Å². The molecule has 3 N–H and O–H groups in total. The zero-order chi connectivity index (χ0) is 13.1. The van der Waals surface area contributed by atoms with Gasteiger partial charge in [-0.15, -0.1) is 0 Å². The van der Waals surface area contributed by atoms with Crippen molar-refractivity contribution in [2.24, 2.45) is 17.7 Å². The molecule has 19 heavy (non-hydrogen) atoms. The summed E-state index contributed by atoms with van der Waals surface area (Å²) >= 11 is 0. The topological polar surface area (TPSA) is 47.3 Å². The minimum Gasteiger partial charge on any atom is -0.381 e. The van der Waals surface area contributed by atoms with Crippen LogP contribution in [0.1, 0.15) is 30.4 Å². The summed E-state index contributed by atoms with van der Waals surface area (Å²) in [5.74, 6) is 7.21. The number of aryl methyl sites for hydroxylation is 1. The Kier molecular flexibility index (Phi) is 4.16. The molecule has 1 fully saturated rings. The van der Waals surface area contributed by atoms with Gasteiger partial charge in [0.2, 0.25) is 0 Å². The Bertz CT molecular complexity index is 415. The summed E-state index contributed by atoms with van der Waals surface area (Å²) in [6, 6.07) is 9.29. The van der Waals surface area contributed by atoms with E-state index in [1.165, 1.54) is 30.4 Å². The molecule has 2 aliphatic rings. The van der Waals surface area contributed by atoms with E-state index in [-0.39, 0.29) is 0 Å². The maximum absolute atomic E-state index is 5.86. The van der Waals surface area contributed by atoms with Crippen molar-refractivity contribution in [3.05, 3.63) is 35.4 Å². The summed E-state index contributed by atoms with van der Waals surface area (Å²) in [6.07, 6.45) is 5.91. The fraction of sp³-hybridized carbons (Fsp3) is 0.625. The van der Waals surface area contributed by atoms with Crippen molar-refractivity contribution in [1.29, 1.82) is 0 Å². The Morgan fingerprint density at radius 2 is 1.79 bits per heavy atom. The van der Waals surface area contributed by atoms with Crippen molar-refractivity contribution in [2.45, 2.75) is 38.1 Å². The Morgan fingerprint density at radius 3 is 2.53 bits per heavy atom. The van der Waals surface area contributed by atoms with Crippen molar-refractivity contribution in [1.82, 2.24) is 5.43 Å². The van der Waals surface area contributed by atoms with Crippen LogP contribution in [0.2, 0.25) is 0 Å². The van der Waals surface area contributed by atoms with E-state index in [0.29, 0.717) is 17.9 Å². The van der Waals surface area contributed by atoms with Crippen LogP contribution in [0.3, 0.4) is 0 Å². The number of nitrogens with two attached hydrogens (primary N) is 1. The molecule has 3 heteroatoms. The van der Waals surface area contributed by atoms with Crippen molar-refractivity contribution < 1.29 is 4.74 Å². The van der Waals surface area contributed by atoms with Gasteiger partial charge in [-0.05, 0) is 55.1 Å². The standard InChI is InChI=1S/C16H24N2O/c17-18-16(13-7-9-19-10-8-13)15-6-5-12-3-1-2-4-14(12)11-15/h1-4,13,15-16,18H,5-11,17H2. The first-order valence-electron chi connectivity index (χ1n) is 7.49. The Hall–Kier alpha value is -0.900. The average molecular weight is 260 g/mol. The van der Waals surface area contributed by atoms with E-state index in [1.54, 1.807) is 0 Å². The minimum absolute atomic E-state index is 0.442. The van der Waals surface area contributed by atoms with Gasteiger partial charge in [-0.2, -0.15) is 0 Å². The van der Waals surface area contributed by atoms with Crippen LogP contribution in [0.25, 0.3) is 0 Å². The smallest absolute Gasteiger partial charge is 0.0469 e. The van der Waals surface area contributed by atoms with Gasteiger partial charge >= 0.3 is 0 Å². The van der Waals surface area contributed by atoms with E-state index in [2.05, 4.69) is 29.7 Å². The minimum atomic E-state index is 0.442. The predicted octanol–water partition coefficient (Wildman–Crippen LogP) is 2.05. The molecule has 1 saturated heterocycles. The molecule has 1 aromatic rings. The van der Waals surface area contributed by atoms with Crippen LogP contribution in [0.5, 0.6) is 0 Å². The normalized spacial score (nSPS) is 25.8. The molecule has 1 heterocycles. The predicted molar refractivity (Wildman–Crippen MR) is 76.6 cm³/mol. The molecule has 0 aromatic heterocycles. The lowest BCUT2D eigenvalue weighted by Crippen LogP contribution is -2.49. The second-order valence-electron chi connectivity index (χ2n) is 5.91. The number of rotatable bonds is 3. The zero-order valence-corrected chi connectivity index (χ0v) is 11.5. The van der Waals surface area contributed by atoms with Gasteiger partial charge < -0.3 is 4.74 Å². The number of hydrogen-bond donors (Lipinski definition) is 2. The van der Waals surface area contributed by atoms with Crippen LogP contribution in [-0.4, -0.2) is 19.3 Å².